The molecule has 0 radical (unpaired) electrons. The van der Waals surface area contributed by atoms with Gasteiger partial charge in [0.05, 0.1) is 31.5 Å². The molecule has 1 fully saturated rings. The predicted molar refractivity (Wildman–Crippen MR) is 97.8 cm³/mol. The molecule has 140 valence electrons. The van der Waals surface area contributed by atoms with Gasteiger partial charge in [-0.1, -0.05) is 6.07 Å². The van der Waals surface area contributed by atoms with Crippen LogP contribution >= 0.6 is 0 Å². The van der Waals surface area contributed by atoms with Crippen molar-refractivity contribution in [3.8, 4) is 5.75 Å². The van der Waals surface area contributed by atoms with E-state index < -0.39 is 0 Å². The van der Waals surface area contributed by atoms with Crippen LogP contribution in [0.2, 0.25) is 0 Å². The van der Waals surface area contributed by atoms with E-state index in [0.717, 1.165) is 17.0 Å². The molecule has 8 nitrogen and oxygen atoms in total. The standard InChI is InChI=1S/C19H21N5O3/c1-12-4-5-14(16(8-12)26-3)18(25)23-6-7-27-17(10-23)15-9-13(2)22-19-20-11-21-24(15)19/h4-5,8-9,11,17H,6-7,10H2,1-3H3. The Labute approximate surface area is 156 Å². The fourth-order valence-electron chi connectivity index (χ4n) is 3.35. The number of benzene rings is 1. The molecule has 3 aromatic rings. The number of hydrogen-bond acceptors (Lipinski definition) is 6. The van der Waals surface area contributed by atoms with Gasteiger partial charge in [0.25, 0.3) is 11.7 Å². The topological polar surface area (TPSA) is 81.8 Å². The molecule has 0 saturated carbocycles. The zero-order valence-corrected chi connectivity index (χ0v) is 15.5. The SMILES string of the molecule is COc1cc(C)ccc1C(=O)N1CCOC(c2cc(C)nc3ncnn23)C1. The molecular formula is C19H21N5O3. The summed E-state index contributed by atoms with van der Waals surface area (Å²) in [5, 5.41) is 4.24. The molecule has 1 amide bonds. The molecule has 0 N–H and O–H groups in total. The lowest BCUT2D eigenvalue weighted by Gasteiger charge is -2.33. The van der Waals surface area contributed by atoms with E-state index in [4.69, 9.17) is 9.47 Å². The number of aryl methyl sites for hydroxylation is 2. The summed E-state index contributed by atoms with van der Waals surface area (Å²) < 4.78 is 13.0. The van der Waals surface area contributed by atoms with E-state index >= 15 is 0 Å². The van der Waals surface area contributed by atoms with Gasteiger partial charge >= 0.3 is 0 Å². The highest BCUT2D eigenvalue weighted by atomic mass is 16.5. The van der Waals surface area contributed by atoms with Crippen molar-refractivity contribution in [2.75, 3.05) is 26.8 Å². The average Bonchev–Trinajstić information content (AvgIpc) is 3.15. The lowest BCUT2D eigenvalue weighted by Crippen LogP contribution is -2.42. The number of carbonyl (C=O) groups is 1. The van der Waals surface area contributed by atoms with Crippen LogP contribution in [0.3, 0.4) is 0 Å². The van der Waals surface area contributed by atoms with Gasteiger partial charge in [0.15, 0.2) is 0 Å². The number of ether oxygens (including phenoxy) is 2. The van der Waals surface area contributed by atoms with Gasteiger partial charge in [0.1, 0.15) is 18.2 Å². The zero-order valence-electron chi connectivity index (χ0n) is 15.5. The van der Waals surface area contributed by atoms with Gasteiger partial charge in [0.2, 0.25) is 0 Å². The van der Waals surface area contributed by atoms with Gasteiger partial charge in [-0.3, -0.25) is 4.79 Å². The second kappa shape index (κ2) is 6.96. The van der Waals surface area contributed by atoms with Crippen LogP contribution in [0.4, 0.5) is 0 Å². The third-order valence-electron chi connectivity index (χ3n) is 4.68. The molecule has 0 aliphatic carbocycles. The lowest BCUT2D eigenvalue weighted by atomic mass is 10.1. The van der Waals surface area contributed by atoms with Gasteiger partial charge in [-0.25, -0.2) is 4.98 Å². The summed E-state index contributed by atoms with van der Waals surface area (Å²) in [5.41, 5.74) is 3.27. The van der Waals surface area contributed by atoms with Gasteiger partial charge in [-0.15, -0.1) is 0 Å². The molecule has 1 aromatic carbocycles. The largest absolute Gasteiger partial charge is 0.496 e. The Hall–Kier alpha value is -3.00. The van der Waals surface area contributed by atoms with E-state index in [9.17, 15) is 4.79 Å². The summed E-state index contributed by atoms with van der Waals surface area (Å²) in [6.45, 7) is 5.27. The fourth-order valence-corrected chi connectivity index (χ4v) is 3.35. The lowest BCUT2D eigenvalue weighted by molar-refractivity contribution is -0.0257. The van der Waals surface area contributed by atoms with Crippen molar-refractivity contribution in [3.05, 3.63) is 53.1 Å². The fraction of sp³-hybridized carbons (Fsp3) is 0.368. The van der Waals surface area contributed by atoms with Gasteiger partial charge in [-0.2, -0.15) is 14.6 Å². The smallest absolute Gasteiger partial charge is 0.257 e. The average molecular weight is 367 g/mol. The van der Waals surface area contributed by atoms with Crippen LogP contribution in [-0.4, -0.2) is 57.2 Å². The highest BCUT2D eigenvalue weighted by Crippen LogP contribution is 2.27. The number of morpholine rings is 1. The molecule has 4 rings (SSSR count). The minimum Gasteiger partial charge on any atom is -0.496 e. The van der Waals surface area contributed by atoms with Crippen LogP contribution in [0.15, 0.2) is 30.6 Å². The molecule has 0 spiro atoms. The van der Waals surface area contributed by atoms with Gasteiger partial charge in [0, 0.05) is 12.2 Å². The number of amides is 1. The first-order chi connectivity index (χ1) is 13.1. The number of methoxy groups -OCH3 is 1. The number of fused-ring (bicyclic) bond motifs is 1. The Kier molecular flexibility index (Phi) is 4.49. The second-order valence-electron chi connectivity index (χ2n) is 6.61. The molecular weight excluding hydrogens is 346 g/mol. The minimum atomic E-state index is -0.301. The van der Waals surface area contributed by atoms with Crippen molar-refractivity contribution >= 4 is 11.7 Å². The van der Waals surface area contributed by atoms with Crippen molar-refractivity contribution in [2.45, 2.75) is 20.0 Å². The van der Waals surface area contributed by atoms with Gasteiger partial charge < -0.3 is 14.4 Å². The Morgan fingerprint density at radius 3 is 2.96 bits per heavy atom. The number of nitrogens with zero attached hydrogens (tertiary/aromatic N) is 5. The Morgan fingerprint density at radius 2 is 2.15 bits per heavy atom. The van der Waals surface area contributed by atoms with Crippen molar-refractivity contribution in [3.63, 3.8) is 0 Å². The Bertz CT molecular complexity index is 1000. The van der Waals surface area contributed by atoms with E-state index in [2.05, 4.69) is 15.1 Å². The first-order valence-corrected chi connectivity index (χ1v) is 8.79. The molecule has 1 atom stereocenters. The highest BCUT2D eigenvalue weighted by Gasteiger charge is 2.29. The van der Waals surface area contributed by atoms with E-state index in [-0.39, 0.29) is 12.0 Å². The first kappa shape index (κ1) is 17.4. The van der Waals surface area contributed by atoms with E-state index in [1.54, 1.807) is 16.5 Å². The summed E-state index contributed by atoms with van der Waals surface area (Å²) >= 11 is 0. The van der Waals surface area contributed by atoms with Crippen LogP contribution < -0.4 is 4.74 Å². The third kappa shape index (κ3) is 3.23. The summed E-state index contributed by atoms with van der Waals surface area (Å²) in [6.07, 6.45) is 1.17. The van der Waals surface area contributed by atoms with Crippen molar-refractivity contribution in [1.29, 1.82) is 0 Å². The number of aromatic nitrogens is 4. The molecule has 1 saturated heterocycles. The maximum Gasteiger partial charge on any atom is 0.257 e. The van der Waals surface area contributed by atoms with Crippen LogP contribution in [0.1, 0.15) is 33.4 Å². The molecule has 1 unspecified atom stereocenters. The number of rotatable bonds is 3. The molecule has 1 aliphatic rings. The molecule has 27 heavy (non-hydrogen) atoms. The summed E-state index contributed by atoms with van der Waals surface area (Å²) in [7, 11) is 1.58. The molecule has 1 aliphatic heterocycles. The Balaban J connectivity index is 1.63. The van der Waals surface area contributed by atoms with E-state index in [0.29, 0.717) is 36.8 Å². The third-order valence-corrected chi connectivity index (χ3v) is 4.68. The zero-order chi connectivity index (χ0) is 19.0. The highest BCUT2D eigenvalue weighted by molar-refractivity contribution is 5.97. The van der Waals surface area contributed by atoms with Crippen LogP contribution in [0.25, 0.3) is 5.78 Å². The normalized spacial score (nSPS) is 17.3. The molecule has 3 heterocycles. The molecule has 0 bridgehead atoms. The molecule has 8 heteroatoms. The van der Waals surface area contributed by atoms with E-state index in [1.807, 2.05) is 38.1 Å². The van der Waals surface area contributed by atoms with Crippen molar-refractivity contribution in [1.82, 2.24) is 24.5 Å². The minimum absolute atomic E-state index is 0.0687. The second-order valence-corrected chi connectivity index (χ2v) is 6.61. The monoisotopic (exact) mass is 367 g/mol. The maximum absolute atomic E-state index is 13.1. The molecule has 2 aromatic heterocycles. The van der Waals surface area contributed by atoms with Crippen LogP contribution in [-0.2, 0) is 4.74 Å². The van der Waals surface area contributed by atoms with Crippen LogP contribution in [0, 0.1) is 13.8 Å². The van der Waals surface area contributed by atoms with Gasteiger partial charge in [-0.05, 0) is 37.6 Å². The van der Waals surface area contributed by atoms with Crippen molar-refractivity contribution < 1.29 is 14.3 Å². The summed E-state index contributed by atoms with van der Waals surface area (Å²) in [4.78, 5) is 23.4. The predicted octanol–water partition coefficient (Wildman–Crippen LogP) is 1.96. The Morgan fingerprint density at radius 1 is 1.30 bits per heavy atom. The number of hydrogen-bond donors (Lipinski definition) is 0. The quantitative estimate of drug-likeness (QED) is 0.704. The van der Waals surface area contributed by atoms with Crippen LogP contribution in [0.5, 0.6) is 5.75 Å². The first-order valence-electron chi connectivity index (χ1n) is 8.79. The number of carbonyl (C=O) groups excluding carboxylic acids is 1. The van der Waals surface area contributed by atoms with E-state index in [1.165, 1.54) is 6.33 Å². The maximum atomic E-state index is 13.1. The summed E-state index contributed by atoms with van der Waals surface area (Å²) in [6, 6.07) is 7.52. The summed E-state index contributed by atoms with van der Waals surface area (Å²) in [5.74, 6) is 1.04. The van der Waals surface area contributed by atoms with Crippen molar-refractivity contribution in [2.24, 2.45) is 0 Å².